The first kappa shape index (κ1) is 48.4. The minimum Gasteiger partial charge on any atom is -0.462 e. The van der Waals surface area contributed by atoms with Crippen LogP contribution in [0.15, 0.2) is 24.3 Å². The molecule has 0 heterocycles. The second-order valence-corrected chi connectivity index (χ2v) is 12.9. The Morgan fingerprint density at radius 3 is 1.23 bits per heavy atom. The second kappa shape index (κ2) is 41.4. The highest BCUT2D eigenvalue weighted by molar-refractivity contribution is 5.70. The predicted molar refractivity (Wildman–Crippen MR) is 198 cm³/mol. The molecule has 0 aliphatic rings. The SMILES string of the molecule is CCCCCC[C@@H](O)C/C=C\CCCCCCCC(=O)OCCOC(=O)CCCCCCC/C=C\C[C@H](O)CCCCCC.OCCO. The Morgan fingerprint density at radius 2 is 0.854 bits per heavy atom. The number of rotatable bonds is 34. The van der Waals surface area contributed by atoms with Crippen molar-refractivity contribution in [2.75, 3.05) is 26.4 Å². The number of carbonyl (C=O) groups is 2. The number of carbonyl (C=O) groups excluding carboxylic acids is 2. The van der Waals surface area contributed by atoms with Gasteiger partial charge in [0.1, 0.15) is 13.2 Å². The molecule has 0 aliphatic heterocycles. The second-order valence-electron chi connectivity index (χ2n) is 12.9. The lowest BCUT2D eigenvalue weighted by Gasteiger charge is -2.07. The highest BCUT2D eigenvalue weighted by Gasteiger charge is 2.06. The summed E-state index contributed by atoms with van der Waals surface area (Å²) in [5, 5.41) is 35.2. The number of hydrogen-bond acceptors (Lipinski definition) is 8. The van der Waals surface area contributed by atoms with E-state index >= 15 is 0 Å². The Morgan fingerprint density at radius 1 is 0.500 bits per heavy atom. The third-order valence-electron chi connectivity index (χ3n) is 8.14. The van der Waals surface area contributed by atoms with Crippen LogP contribution in [0, 0.1) is 0 Å². The third-order valence-corrected chi connectivity index (χ3v) is 8.14. The molecule has 8 heteroatoms. The Balaban J connectivity index is 0. The fraction of sp³-hybridized carbons (Fsp3) is 0.850. The van der Waals surface area contributed by atoms with Crippen LogP contribution in [0.5, 0.6) is 0 Å². The molecule has 48 heavy (non-hydrogen) atoms. The molecule has 0 bridgehead atoms. The normalized spacial score (nSPS) is 12.6. The summed E-state index contributed by atoms with van der Waals surface area (Å²) in [6.45, 7) is 4.42. The van der Waals surface area contributed by atoms with E-state index in [9.17, 15) is 19.8 Å². The number of ether oxygens (including phenoxy) is 2. The van der Waals surface area contributed by atoms with Crippen LogP contribution in [0.1, 0.15) is 181 Å². The van der Waals surface area contributed by atoms with Crippen LogP contribution in [-0.2, 0) is 19.1 Å². The Bertz CT molecular complexity index is 664. The van der Waals surface area contributed by atoms with Gasteiger partial charge >= 0.3 is 11.9 Å². The van der Waals surface area contributed by atoms with Crippen LogP contribution in [0.2, 0.25) is 0 Å². The molecule has 0 rings (SSSR count). The first-order valence-electron chi connectivity index (χ1n) is 19.6. The van der Waals surface area contributed by atoms with Crippen LogP contribution < -0.4 is 0 Å². The van der Waals surface area contributed by atoms with Gasteiger partial charge in [0.25, 0.3) is 0 Å². The van der Waals surface area contributed by atoms with Crippen molar-refractivity contribution in [2.24, 2.45) is 0 Å². The quantitative estimate of drug-likeness (QED) is 0.0300. The maximum absolute atomic E-state index is 11.9. The minimum atomic E-state index is -0.217. The summed E-state index contributed by atoms with van der Waals surface area (Å²) in [7, 11) is 0. The Kier molecular flexibility index (Phi) is 41.8. The Hall–Kier alpha value is -1.74. The molecule has 0 saturated heterocycles. The molecule has 8 nitrogen and oxygen atoms in total. The highest BCUT2D eigenvalue weighted by atomic mass is 16.6. The van der Waals surface area contributed by atoms with Crippen molar-refractivity contribution in [3.8, 4) is 0 Å². The van der Waals surface area contributed by atoms with Gasteiger partial charge in [-0.1, -0.05) is 128 Å². The Labute approximate surface area is 294 Å². The van der Waals surface area contributed by atoms with Crippen molar-refractivity contribution < 1.29 is 39.5 Å². The molecule has 0 unspecified atom stereocenters. The summed E-state index contributed by atoms with van der Waals surface area (Å²) in [5.74, 6) is -0.434. The first-order chi connectivity index (χ1) is 23.4. The van der Waals surface area contributed by atoms with Gasteiger partial charge in [-0.15, -0.1) is 0 Å². The zero-order valence-corrected chi connectivity index (χ0v) is 31.1. The minimum absolute atomic E-state index is 0.125. The molecule has 0 radical (unpaired) electrons. The lowest BCUT2D eigenvalue weighted by Crippen LogP contribution is -2.13. The van der Waals surface area contributed by atoms with Gasteiger partial charge in [0, 0.05) is 12.8 Å². The molecule has 0 aromatic carbocycles. The van der Waals surface area contributed by atoms with Crippen molar-refractivity contribution in [1.82, 2.24) is 0 Å². The predicted octanol–water partition coefficient (Wildman–Crippen LogP) is 9.06. The molecular formula is C40H76O8. The molecule has 0 aliphatic carbocycles. The van der Waals surface area contributed by atoms with Crippen LogP contribution in [0.4, 0.5) is 0 Å². The topological polar surface area (TPSA) is 134 Å². The van der Waals surface area contributed by atoms with E-state index in [1.54, 1.807) is 0 Å². The van der Waals surface area contributed by atoms with E-state index < -0.39 is 0 Å². The summed E-state index contributed by atoms with van der Waals surface area (Å²) in [5.41, 5.74) is 0. The lowest BCUT2D eigenvalue weighted by atomic mass is 10.1. The van der Waals surface area contributed by atoms with E-state index in [4.69, 9.17) is 19.7 Å². The number of allylic oxidation sites excluding steroid dienone is 2. The monoisotopic (exact) mass is 685 g/mol. The fourth-order valence-electron chi connectivity index (χ4n) is 5.17. The molecular weight excluding hydrogens is 608 g/mol. The van der Waals surface area contributed by atoms with Crippen LogP contribution in [0.25, 0.3) is 0 Å². The van der Waals surface area contributed by atoms with Gasteiger partial charge in [-0.3, -0.25) is 9.59 Å². The highest BCUT2D eigenvalue weighted by Crippen LogP contribution is 2.12. The average molecular weight is 685 g/mol. The van der Waals surface area contributed by atoms with Crippen molar-refractivity contribution >= 4 is 11.9 Å². The molecule has 2 atom stereocenters. The van der Waals surface area contributed by atoms with Gasteiger partial charge in [-0.25, -0.2) is 0 Å². The number of aliphatic hydroxyl groups is 4. The zero-order valence-electron chi connectivity index (χ0n) is 31.1. The van der Waals surface area contributed by atoms with Crippen molar-refractivity contribution in [2.45, 2.75) is 193 Å². The van der Waals surface area contributed by atoms with Gasteiger partial charge in [0.2, 0.25) is 0 Å². The van der Waals surface area contributed by atoms with Crippen LogP contribution >= 0.6 is 0 Å². The molecule has 0 spiro atoms. The number of unbranched alkanes of at least 4 members (excludes halogenated alkanes) is 16. The number of esters is 2. The average Bonchev–Trinajstić information content (AvgIpc) is 3.08. The molecule has 0 aromatic heterocycles. The first-order valence-corrected chi connectivity index (χ1v) is 19.6. The van der Waals surface area contributed by atoms with Gasteiger partial charge in [0.15, 0.2) is 0 Å². The van der Waals surface area contributed by atoms with Crippen molar-refractivity contribution in [3.63, 3.8) is 0 Å². The largest absolute Gasteiger partial charge is 0.462 e. The summed E-state index contributed by atoms with van der Waals surface area (Å²) in [6.07, 6.45) is 34.7. The molecule has 0 aromatic rings. The van der Waals surface area contributed by atoms with Gasteiger partial charge in [0.05, 0.1) is 25.4 Å². The smallest absolute Gasteiger partial charge is 0.305 e. The summed E-state index contributed by atoms with van der Waals surface area (Å²) < 4.78 is 10.4. The molecule has 284 valence electrons. The van der Waals surface area contributed by atoms with E-state index in [2.05, 4.69) is 38.2 Å². The van der Waals surface area contributed by atoms with E-state index in [1.165, 1.54) is 38.5 Å². The van der Waals surface area contributed by atoms with Gasteiger partial charge < -0.3 is 29.9 Å². The lowest BCUT2D eigenvalue weighted by molar-refractivity contribution is -0.152. The zero-order chi connectivity index (χ0) is 35.8. The van der Waals surface area contributed by atoms with Gasteiger partial charge in [-0.2, -0.15) is 0 Å². The van der Waals surface area contributed by atoms with E-state index in [1.807, 2.05) is 0 Å². The maximum atomic E-state index is 11.9. The molecule has 0 saturated carbocycles. The number of hydrogen-bond donors (Lipinski definition) is 4. The van der Waals surface area contributed by atoms with E-state index in [0.717, 1.165) is 116 Å². The van der Waals surface area contributed by atoms with Gasteiger partial charge in [-0.05, 0) is 64.2 Å². The van der Waals surface area contributed by atoms with Crippen LogP contribution in [0.3, 0.4) is 0 Å². The fourth-order valence-corrected chi connectivity index (χ4v) is 5.17. The van der Waals surface area contributed by atoms with Crippen molar-refractivity contribution in [1.29, 1.82) is 0 Å². The molecule has 0 amide bonds. The van der Waals surface area contributed by atoms with Crippen LogP contribution in [-0.4, -0.2) is 71.0 Å². The molecule has 0 fully saturated rings. The third kappa shape index (κ3) is 42.3. The standard InChI is InChI=1S/C38H70O6.C2H6O2/c1-3-5-7-21-27-35(39)29-23-17-13-9-11-15-19-25-31-37(41)43-33-34-44-38(42)32-26-20-16-12-10-14-18-24-30-36(40)28-22-8-6-4-2;3-1-2-4/h17-18,23-24,35-36,39-40H,3-16,19-22,25-34H2,1-2H3;3-4H,1-2H2/b23-17-,24-18-;/t35-,36-;/m1./s1. The van der Waals surface area contributed by atoms with E-state index in [0.29, 0.717) is 12.8 Å². The summed E-state index contributed by atoms with van der Waals surface area (Å²) in [6, 6.07) is 0. The molecule has 4 N–H and O–H groups in total. The summed E-state index contributed by atoms with van der Waals surface area (Å²) >= 11 is 0. The van der Waals surface area contributed by atoms with Crippen molar-refractivity contribution in [3.05, 3.63) is 24.3 Å². The maximum Gasteiger partial charge on any atom is 0.305 e. The number of aliphatic hydroxyl groups excluding tert-OH is 4. The van der Waals surface area contributed by atoms with E-state index in [-0.39, 0.29) is 50.6 Å². The summed E-state index contributed by atoms with van der Waals surface area (Å²) in [4.78, 5) is 23.8.